The van der Waals surface area contributed by atoms with Crippen LogP contribution in [0.5, 0.6) is 11.5 Å². The molecule has 0 unspecified atom stereocenters. The van der Waals surface area contributed by atoms with E-state index in [1.807, 2.05) is 36.1 Å². The zero-order valence-electron chi connectivity index (χ0n) is 16.2. The molecule has 0 fully saturated rings. The molecule has 0 saturated carbocycles. The Kier molecular flexibility index (Phi) is 5.84. The molecule has 0 bridgehead atoms. The molecule has 0 saturated heterocycles. The highest BCUT2D eigenvalue weighted by Gasteiger charge is 2.26. The van der Waals surface area contributed by atoms with Gasteiger partial charge >= 0.3 is 0 Å². The van der Waals surface area contributed by atoms with Gasteiger partial charge in [-0.3, -0.25) is 9.69 Å². The van der Waals surface area contributed by atoms with E-state index < -0.39 is 0 Å². The molecular weight excluding hydrogens is 374 g/mol. The Bertz CT molecular complexity index is 942. The molecule has 1 amide bonds. The standard InChI is InChI=1S/C21H23N3O3S/c1-5-10-22-20(25)14-6-8-16-13(2)24(21(28)23-17(16)11-14)15-7-9-18(26-3)19(12-15)27-4/h6-9,11-12H,2,5,10H2,1,3-4H3,(H,22,25)(H,23,28). The number of anilines is 2. The second-order valence-electron chi connectivity index (χ2n) is 6.27. The monoisotopic (exact) mass is 397 g/mol. The summed E-state index contributed by atoms with van der Waals surface area (Å²) in [5.74, 6) is 1.13. The van der Waals surface area contributed by atoms with Crippen LogP contribution in [-0.4, -0.2) is 31.8 Å². The molecule has 0 aromatic heterocycles. The van der Waals surface area contributed by atoms with Crippen molar-refractivity contribution in [1.82, 2.24) is 5.32 Å². The summed E-state index contributed by atoms with van der Waals surface area (Å²) >= 11 is 5.56. The second-order valence-corrected chi connectivity index (χ2v) is 6.65. The first kappa shape index (κ1) is 19.7. The van der Waals surface area contributed by atoms with Crippen molar-refractivity contribution in [2.24, 2.45) is 0 Å². The molecule has 1 aliphatic heterocycles. The maximum Gasteiger partial charge on any atom is 0.251 e. The number of rotatable bonds is 6. The molecule has 2 aromatic carbocycles. The molecule has 6 nitrogen and oxygen atoms in total. The summed E-state index contributed by atoms with van der Waals surface area (Å²) < 4.78 is 10.7. The molecule has 146 valence electrons. The van der Waals surface area contributed by atoms with Gasteiger partial charge in [0, 0.05) is 23.7 Å². The molecular formula is C21H23N3O3S. The molecule has 0 spiro atoms. The van der Waals surface area contributed by atoms with Crippen LogP contribution in [0, 0.1) is 0 Å². The van der Waals surface area contributed by atoms with Gasteiger partial charge < -0.3 is 20.1 Å². The van der Waals surface area contributed by atoms with Crippen molar-refractivity contribution in [1.29, 1.82) is 0 Å². The number of fused-ring (bicyclic) bond motifs is 1. The van der Waals surface area contributed by atoms with Gasteiger partial charge in [-0.1, -0.05) is 19.6 Å². The van der Waals surface area contributed by atoms with Crippen molar-refractivity contribution in [2.45, 2.75) is 13.3 Å². The van der Waals surface area contributed by atoms with E-state index in [-0.39, 0.29) is 5.91 Å². The lowest BCUT2D eigenvalue weighted by Crippen LogP contribution is -2.37. The summed E-state index contributed by atoms with van der Waals surface area (Å²) in [4.78, 5) is 14.1. The van der Waals surface area contributed by atoms with Crippen molar-refractivity contribution in [3.05, 3.63) is 54.1 Å². The molecule has 1 aliphatic rings. The van der Waals surface area contributed by atoms with E-state index in [0.29, 0.717) is 34.4 Å². The van der Waals surface area contributed by atoms with E-state index in [0.717, 1.165) is 23.4 Å². The number of methoxy groups -OCH3 is 2. The number of thiocarbonyl (C=S) groups is 1. The summed E-state index contributed by atoms with van der Waals surface area (Å²) in [6, 6.07) is 11.0. The van der Waals surface area contributed by atoms with E-state index in [4.69, 9.17) is 21.7 Å². The van der Waals surface area contributed by atoms with Gasteiger partial charge in [-0.15, -0.1) is 0 Å². The molecule has 28 heavy (non-hydrogen) atoms. The van der Waals surface area contributed by atoms with E-state index in [9.17, 15) is 4.79 Å². The maximum absolute atomic E-state index is 12.2. The lowest BCUT2D eigenvalue weighted by Gasteiger charge is -2.34. The molecule has 0 aliphatic carbocycles. The summed E-state index contributed by atoms with van der Waals surface area (Å²) in [5.41, 5.74) is 3.73. The minimum atomic E-state index is -0.106. The van der Waals surface area contributed by atoms with Crippen molar-refractivity contribution >= 4 is 40.3 Å². The fourth-order valence-corrected chi connectivity index (χ4v) is 3.36. The maximum atomic E-state index is 12.2. The minimum absolute atomic E-state index is 0.106. The molecule has 7 heteroatoms. The van der Waals surface area contributed by atoms with Crippen molar-refractivity contribution in [2.75, 3.05) is 31.0 Å². The Morgan fingerprint density at radius 1 is 1.18 bits per heavy atom. The molecule has 1 heterocycles. The van der Waals surface area contributed by atoms with Crippen molar-refractivity contribution in [3.8, 4) is 11.5 Å². The summed E-state index contributed by atoms with van der Waals surface area (Å²) in [7, 11) is 3.18. The number of ether oxygens (including phenoxy) is 2. The Morgan fingerprint density at radius 2 is 1.93 bits per heavy atom. The van der Waals surface area contributed by atoms with Gasteiger partial charge in [0.1, 0.15) is 0 Å². The van der Waals surface area contributed by atoms with Gasteiger partial charge in [-0.2, -0.15) is 0 Å². The summed E-state index contributed by atoms with van der Waals surface area (Å²) in [6.45, 7) is 6.87. The first-order valence-electron chi connectivity index (χ1n) is 8.94. The SMILES string of the molecule is C=C1c2ccc(C(=O)NCCC)cc2NC(=S)N1c1ccc(OC)c(OC)c1. The van der Waals surface area contributed by atoms with Gasteiger partial charge in [0.25, 0.3) is 5.91 Å². The van der Waals surface area contributed by atoms with E-state index in [1.165, 1.54) is 0 Å². The van der Waals surface area contributed by atoms with E-state index in [1.54, 1.807) is 26.4 Å². The van der Waals surface area contributed by atoms with Gasteiger partial charge in [0.05, 0.1) is 31.3 Å². The smallest absolute Gasteiger partial charge is 0.251 e. The predicted molar refractivity (Wildman–Crippen MR) is 116 cm³/mol. The van der Waals surface area contributed by atoms with Crippen LogP contribution in [0.3, 0.4) is 0 Å². The lowest BCUT2D eigenvalue weighted by molar-refractivity contribution is 0.0953. The van der Waals surface area contributed by atoms with Crippen LogP contribution in [0.25, 0.3) is 5.70 Å². The predicted octanol–water partition coefficient (Wildman–Crippen LogP) is 4.03. The first-order chi connectivity index (χ1) is 13.5. The third kappa shape index (κ3) is 3.66. The normalized spacial score (nSPS) is 12.9. The number of carbonyl (C=O) groups excluding carboxylic acids is 1. The Hall–Kier alpha value is -3.06. The number of carbonyl (C=O) groups is 1. The lowest BCUT2D eigenvalue weighted by atomic mass is 10.0. The average Bonchev–Trinajstić information content (AvgIpc) is 2.71. The zero-order valence-corrected chi connectivity index (χ0v) is 17.0. The highest BCUT2D eigenvalue weighted by atomic mass is 32.1. The Labute approximate surface area is 170 Å². The third-order valence-electron chi connectivity index (χ3n) is 4.47. The molecule has 0 radical (unpaired) electrons. The topological polar surface area (TPSA) is 62.8 Å². The second kappa shape index (κ2) is 8.31. The van der Waals surface area contributed by atoms with Gasteiger partial charge in [0.15, 0.2) is 16.6 Å². The summed E-state index contributed by atoms with van der Waals surface area (Å²) in [5, 5.41) is 6.55. The quantitative estimate of drug-likeness (QED) is 0.718. The molecule has 2 N–H and O–H groups in total. The Balaban J connectivity index is 1.93. The number of benzene rings is 2. The van der Waals surface area contributed by atoms with Crippen LogP contribution < -0.4 is 25.0 Å². The van der Waals surface area contributed by atoms with Gasteiger partial charge in [-0.25, -0.2) is 0 Å². The van der Waals surface area contributed by atoms with Crippen LogP contribution in [0.1, 0.15) is 29.3 Å². The number of hydrogen-bond acceptors (Lipinski definition) is 4. The fourth-order valence-electron chi connectivity index (χ4n) is 3.03. The van der Waals surface area contributed by atoms with Crippen LogP contribution in [0.4, 0.5) is 11.4 Å². The van der Waals surface area contributed by atoms with Crippen molar-refractivity contribution < 1.29 is 14.3 Å². The minimum Gasteiger partial charge on any atom is -0.493 e. The highest BCUT2D eigenvalue weighted by molar-refractivity contribution is 7.80. The van der Waals surface area contributed by atoms with Gasteiger partial charge in [-0.05, 0) is 42.9 Å². The number of nitrogens with zero attached hydrogens (tertiary/aromatic N) is 1. The molecule has 2 aromatic rings. The average molecular weight is 398 g/mol. The van der Waals surface area contributed by atoms with Crippen LogP contribution >= 0.6 is 12.2 Å². The molecule has 0 atom stereocenters. The third-order valence-corrected chi connectivity index (χ3v) is 4.75. The molecule has 3 rings (SSSR count). The Morgan fingerprint density at radius 3 is 2.61 bits per heavy atom. The fraction of sp³-hybridized carbons (Fsp3) is 0.238. The number of amides is 1. The van der Waals surface area contributed by atoms with Crippen LogP contribution in [-0.2, 0) is 0 Å². The number of hydrogen-bond donors (Lipinski definition) is 2. The number of nitrogens with one attached hydrogen (secondary N) is 2. The van der Waals surface area contributed by atoms with Crippen LogP contribution in [0.2, 0.25) is 0 Å². The van der Waals surface area contributed by atoms with Crippen LogP contribution in [0.15, 0.2) is 43.0 Å². The highest BCUT2D eigenvalue weighted by Crippen LogP contribution is 2.38. The summed E-state index contributed by atoms with van der Waals surface area (Å²) in [6.07, 6.45) is 0.885. The zero-order chi connectivity index (χ0) is 20.3. The first-order valence-corrected chi connectivity index (χ1v) is 9.35. The largest absolute Gasteiger partial charge is 0.493 e. The van der Waals surface area contributed by atoms with Crippen molar-refractivity contribution in [3.63, 3.8) is 0 Å². The van der Waals surface area contributed by atoms with E-state index >= 15 is 0 Å². The van der Waals surface area contributed by atoms with Gasteiger partial charge in [0.2, 0.25) is 0 Å². The van der Waals surface area contributed by atoms with E-state index in [2.05, 4.69) is 17.2 Å².